The van der Waals surface area contributed by atoms with Crippen LogP contribution in [-0.4, -0.2) is 22.9 Å². The summed E-state index contributed by atoms with van der Waals surface area (Å²) in [5.41, 5.74) is 3.08. The lowest BCUT2D eigenvalue weighted by molar-refractivity contribution is 0.0988. The molecule has 3 rings (SSSR count). The van der Waals surface area contributed by atoms with E-state index in [4.69, 9.17) is 0 Å². The van der Waals surface area contributed by atoms with Crippen molar-refractivity contribution in [1.29, 1.82) is 0 Å². The van der Waals surface area contributed by atoms with Gasteiger partial charge in [0.15, 0.2) is 5.78 Å². The molecule has 1 heterocycles. The van der Waals surface area contributed by atoms with E-state index < -0.39 is 0 Å². The number of rotatable bonds is 4. The fourth-order valence-corrected chi connectivity index (χ4v) is 3.33. The lowest BCUT2D eigenvalue weighted by Gasteiger charge is -2.11. The van der Waals surface area contributed by atoms with E-state index in [-0.39, 0.29) is 5.78 Å². The zero-order valence-electron chi connectivity index (χ0n) is 12.3. The maximum Gasteiger partial charge on any atom is 0.179 e. The van der Waals surface area contributed by atoms with E-state index in [9.17, 15) is 4.79 Å². The van der Waals surface area contributed by atoms with Gasteiger partial charge in [-0.3, -0.25) is 4.79 Å². The van der Waals surface area contributed by atoms with Crippen LogP contribution in [-0.2, 0) is 7.05 Å². The average molecular weight is 270 g/mol. The summed E-state index contributed by atoms with van der Waals surface area (Å²) < 4.78 is 2.11. The summed E-state index contributed by atoms with van der Waals surface area (Å²) in [7, 11) is 2.03. The zero-order chi connectivity index (χ0) is 14.1. The maximum atomic E-state index is 12.6. The summed E-state index contributed by atoms with van der Waals surface area (Å²) in [6.07, 6.45) is 5.00. The largest absolute Gasteiger partial charge is 0.347 e. The maximum absolute atomic E-state index is 12.6. The van der Waals surface area contributed by atoms with Crippen LogP contribution in [0, 0.1) is 6.92 Å². The molecule has 3 heteroatoms. The summed E-state index contributed by atoms with van der Waals surface area (Å²) in [6, 6.07) is 8.68. The van der Waals surface area contributed by atoms with E-state index in [1.165, 1.54) is 25.7 Å². The normalized spacial score (nSPS) is 16.1. The SMILES string of the molecule is Cc1c(C(=O)CNC2CCCC2)c2ccccc2n1C. The Morgan fingerprint density at radius 3 is 2.75 bits per heavy atom. The predicted molar refractivity (Wildman–Crippen MR) is 82.2 cm³/mol. The van der Waals surface area contributed by atoms with Gasteiger partial charge in [-0.2, -0.15) is 0 Å². The molecule has 106 valence electrons. The topological polar surface area (TPSA) is 34.0 Å². The fraction of sp³-hybridized carbons (Fsp3) is 0.471. The molecule has 0 unspecified atom stereocenters. The van der Waals surface area contributed by atoms with Gasteiger partial charge in [0.1, 0.15) is 0 Å². The zero-order valence-corrected chi connectivity index (χ0v) is 12.3. The number of para-hydroxylation sites is 1. The molecule has 1 saturated carbocycles. The molecule has 1 fully saturated rings. The van der Waals surface area contributed by atoms with E-state index in [0.29, 0.717) is 12.6 Å². The molecular weight excluding hydrogens is 248 g/mol. The Hall–Kier alpha value is -1.61. The Bertz CT molecular complexity index is 636. The molecule has 0 amide bonds. The second kappa shape index (κ2) is 5.41. The lowest BCUT2D eigenvalue weighted by atomic mass is 10.1. The minimum absolute atomic E-state index is 0.214. The third-order valence-corrected chi connectivity index (χ3v) is 4.58. The summed E-state index contributed by atoms with van der Waals surface area (Å²) >= 11 is 0. The summed E-state index contributed by atoms with van der Waals surface area (Å²) in [5.74, 6) is 0.214. The first-order chi connectivity index (χ1) is 9.68. The van der Waals surface area contributed by atoms with Crippen molar-refractivity contribution < 1.29 is 4.79 Å². The van der Waals surface area contributed by atoms with Gasteiger partial charge in [0.05, 0.1) is 6.54 Å². The van der Waals surface area contributed by atoms with Crippen LogP contribution < -0.4 is 5.32 Å². The van der Waals surface area contributed by atoms with Crippen molar-refractivity contribution in [1.82, 2.24) is 9.88 Å². The van der Waals surface area contributed by atoms with Gasteiger partial charge in [-0.15, -0.1) is 0 Å². The standard InChI is InChI=1S/C17H22N2O/c1-12-17(14-9-5-6-10-15(14)19(12)2)16(20)11-18-13-7-3-4-8-13/h5-6,9-10,13,18H,3-4,7-8,11H2,1-2H3. The first kappa shape index (κ1) is 13.4. The number of fused-ring (bicyclic) bond motifs is 1. The first-order valence-corrected chi connectivity index (χ1v) is 7.49. The van der Waals surface area contributed by atoms with Crippen LogP contribution in [0.4, 0.5) is 0 Å². The van der Waals surface area contributed by atoms with E-state index in [1.807, 2.05) is 32.2 Å². The number of nitrogens with zero attached hydrogens (tertiary/aromatic N) is 1. The van der Waals surface area contributed by atoms with Crippen molar-refractivity contribution in [3.05, 3.63) is 35.5 Å². The highest BCUT2D eigenvalue weighted by molar-refractivity contribution is 6.10. The van der Waals surface area contributed by atoms with Crippen LogP contribution in [0.5, 0.6) is 0 Å². The fourth-order valence-electron chi connectivity index (χ4n) is 3.33. The number of carbonyl (C=O) groups excluding carboxylic acids is 1. The van der Waals surface area contributed by atoms with Crippen molar-refractivity contribution in [2.24, 2.45) is 7.05 Å². The van der Waals surface area contributed by atoms with E-state index in [2.05, 4.69) is 16.0 Å². The number of benzene rings is 1. The number of ketones is 1. The molecule has 0 bridgehead atoms. The first-order valence-electron chi connectivity index (χ1n) is 7.49. The van der Waals surface area contributed by atoms with Gasteiger partial charge in [-0.25, -0.2) is 0 Å². The van der Waals surface area contributed by atoms with Crippen LogP contribution in [0.1, 0.15) is 41.7 Å². The summed E-state index contributed by atoms with van der Waals surface area (Å²) in [5, 5.41) is 4.50. The molecule has 2 aromatic rings. The second-order valence-corrected chi connectivity index (χ2v) is 5.82. The number of carbonyl (C=O) groups is 1. The third-order valence-electron chi connectivity index (χ3n) is 4.58. The average Bonchev–Trinajstić information content (AvgIpc) is 3.05. The highest BCUT2D eigenvalue weighted by Gasteiger charge is 2.20. The molecular formula is C17H22N2O. The predicted octanol–water partition coefficient (Wildman–Crippen LogP) is 3.20. The number of aryl methyl sites for hydroxylation is 1. The second-order valence-electron chi connectivity index (χ2n) is 5.82. The molecule has 1 aliphatic rings. The van der Waals surface area contributed by atoms with Gasteiger partial charge >= 0.3 is 0 Å². The van der Waals surface area contributed by atoms with Gasteiger partial charge in [0, 0.05) is 35.2 Å². The molecule has 3 nitrogen and oxygen atoms in total. The monoisotopic (exact) mass is 270 g/mol. The van der Waals surface area contributed by atoms with Crippen molar-refractivity contribution >= 4 is 16.7 Å². The van der Waals surface area contributed by atoms with Crippen LogP contribution >= 0.6 is 0 Å². The Balaban J connectivity index is 1.85. The van der Waals surface area contributed by atoms with Crippen LogP contribution in [0.3, 0.4) is 0 Å². The van der Waals surface area contributed by atoms with E-state index in [1.54, 1.807) is 0 Å². The number of hydrogen-bond donors (Lipinski definition) is 1. The van der Waals surface area contributed by atoms with E-state index >= 15 is 0 Å². The minimum atomic E-state index is 0.214. The van der Waals surface area contributed by atoms with Crippen LogP contribution in [0.2, 0.25) is 0 Å². The summed E-state index contributed by atoms with van der Waals surface area (Å²) in [4.78, 5) is 12.6. The number of nitrogens with one attached hydrogen (secondary N) is 1. The molecule has 1 N–H and O–H groups in total. The molecule has 0 saturated heterocycles. The quantitative estimate of drug-likeness (QED) is 0.866. The Labute approximate surface area is 120 Å². The molecule has 0 atom stereocenters. The van der Waals surface area contributed by atoms with E-state index in [0.717, 1.165) is 22.2 Å². The lowest BCUT2D eigenvalue weighted by Crippen LogP contribution is -2.31. The highest BCUT2D eigenvalue weighted by atomic mass is 16.1. The van der Waals surface area contributed by atoms with Crippen molar-refractivity contribution in [2.45, 2.75) is 38.6 Å². The van der Waals surface area contributed by atoms with Gasteiger partial charge in [-0.1, -0.05) is 31.0 Å². The van der Waals surface area contributed by atoms with Crippen molar-refractivity contribution in [3.63, 3.8) is 0 Å². The summed E-state index contributed by atoms with van der Waals surface area (Å²) in [6.45, 7) is 2.49. The molecule has 0 radical (unpaired) electrons. The van der Waals surface area contributed by atoms with Gasteiger partial charge in [0.2, 0.25) is 0 Å². The third kappa shape index (κ3) is 2.27. The molecule has 0 aliphatic heterocycles. The molecule has 1 aromatic heterocycles. The number of hydrogen-bond acceptors (Lipinski definition) is 2. The van der Waals surface area contributed by atoms with Crippen LogP contribution in [0.15, 0.2) is 24.3 Å². The van der Waals surface area contributed by atoms with Crippen LogP contribution in [0.25, 0.3) is 10.9 Å². The van der Waals surface area contributed by atoms with Gasteiger partial charge in [-0.05, 0) is 25.8 Å². The number of Topliss-reactive ketones (excluding diaryl/α,β-unsaturated/α-hetero) is 1. The molecule has 1 aromatic carbocycles. The van der Waals surface area contributed by atoms with Gasteiger partial charge in [0.25, 0.3) is 0 Å². The molecule has 1 aliphatic carbocycles. The minimum Gasteiger partial charge on any atom is -0.347 e. The van der Waals surface area contributed by atoms with Crippen molar-refractivity contribution in [2.75, 3.05) is 6.54 Å². The Morgan fingerprint density at radius 1 is 1.30 bits per heavy atom. The number of aromatic nitrogens is 1. The van der Waals surface area contributed by atoms with Gasteiger partial charge < -0.3 is 9.88 Å². The Morgan fingerprint density at radius 2 is 2.00 bits per heavy atom. The molecule has 20 heavy (non-hydrogen) atoms. The van der Waals surface area contributed by atoms with Crippen molar-refractivity contribution in [3.8, 4) is 0 Å². The Kier molecular flexibility index (Phi) is 3.62. The smallest absolute Gasteiger partial charge is 0.179 e. The molecule has 0 spiro atoms. The highest BCUT2D eigenvalue weighted by Crippen LogP contribution is 2.25.